The lowest BCUT2D eigenvalue weighted by molar-refractivity contribution is 0.0494. The van der Waals surface area contributed by atoms with Gasteiger partial charge in [0.05, 0.1) is 0 Å². The highest BCUT2D eigenvalue weighted by Gasteiger charge is 2.28. The molecule has 1 saturated heterocycles. The lowest BCUT2D eigenvalue weighted by Crippen LogP contribution is -2.35. The molecule has 0 spiro atoms. The fourth-order valence-corrected chi connectivity index (χ4v) is 4.05. The maximum Gasteiger partial charge on any atom is 0.137 e. The minimum absolute atomic E-state index is 0.100. The van der Waals surface area contributed by atoms with E-state index in [1.165, 1.54) is 4.88 Å². The molecule has 6 heteroatoms. The standard InChI is InChI=1S/C18H23N3O2S/c1-20-9-6-19-18(20)17(23)15-4-7-21(8-5-15)12-16-11-14(13-24-16)3-2-10-22/h6,9,11,13,15,17,22-23H,4-5,7-8,10,12H2,1H3. The van der Waals surface area contributed by atoms with E-state index in [4.69, 9.17) is 5.11 Å². The quantitative estimate of drug-likeness (QED) is 0.829. The third kappa shape index (κ3) is 4.05. The van der Waals surface area contributed by atoms with Crippen molar-refractivity contribution in [3.8, 4) is 11.8 Å². The molecule has 3 heterocycles. The number of aliphatic hydroxyl groups is 2. The summed E-state index contributed by atoms with van der Waals surface area (Å²) in [6, 6.07) is 2.10. The van der Waals surface area contributed by atoms with Crippen LogP contribution in [0.4, 0.5) is 0 Å². The van der Waals surface area contributed by atoms with E-state index in [1.54, 1.807) is 17.5 Å². The zero-order chi connectivity index (χ0) is 16.9. The van der Waals surface area contributed by atoms with Crippen molar-refractivity contribution in [2.75, 3.05) is 19.7 Å². The third-order valence-corrected chi connectivity index (χ3v) is 5.47. The van der Waals surface area contributed by atoms with Crippen molar-refractivity contribution in [2.24, 2.45) is 13.0 Å². The number of rotatable bonds is 4. The van der Waals surface area contributed by atoms with Crippen LogP contribution in [-0.2, 0) is 13.6 Å². The van der Waals surface area contributed by atoms with Crippen LogP contribution in [0.5, 0.6) is 0 Å². The molecule has 0 aliphatic carbocycles. The molecule has 0 radical (unpaired) electrons. The maximum absolute atomic E-state index is 10.5. The van der Waals surface area contributed by atoms with E-state index in [1.807, 2.05) is 23.2 Å². The molecule has 128 valence electrons. The molecule has 1 aliphatic heterocycles. The fourth-order valence-electron chi connectivity index (χ4n) is 3.19. The number of hydrogen-bond acceptors (Lipinski definition) is 5. The molecule has 0 aromatic carbocycles. The van der Waals surface area contributed by atoms with Gasteiger partial charge in [0.2, 0.25) is 0 Å². The average molecular weight is 345 g/mol. The van der Waals surface area contributed by atoms with Gasteiger partial charge in [-0.15, -0.1) is 11.3 Å². The van der Waals surface area contributed by atoms with Gasteiger partial charge in [-0.25, -0.2) is 4.98 Å². The lowest BCUT2D eigenvalue weighted by atomic mass is 9.90. The second-order valence-electron chi connectivity index (χ2n) is 6.22. The van der Waals surface area contributed by atoms with Gasteiger partial charge < -0.3 is 14.8 Å². The van der Waals surface area contributed by atoms with Gasteiger partial charge in [-0.2, -0.15) is 0 Å². The van der Waals surface area contributed by atoms with Gasteiger partial charge in [0, 0.05) is 41.8 Å². The Morgan fingerprint density at radius 2 is 2.21 bits per heavy atom. The highest BCUT2D eigenvalue weighted by Crippen LogP contribution is 2.30. The zero-order valence-electron chi connectivity index (χ0n) is 13.9. The van der Waals surface area contributed by atoms with E-state index >= 15 is 0 Å². The molecule has 2 N–H and O–H groups in total. The first-order chi connectivity index (χ1) is 11.7. The highest BCUT2D eigenvalue weighted by molar-refractivity contribution is 7.10. The van der Waals surface area contributed by atoms with Crippen LogP contribution in [0.25, 0.3) is 0 Å². The second kappa shape index (κ2) is 7.95. The number of aliphatic hydroxyl groups excluding tert-OH is 2. The molecule has 5 nitrogen and oxygen atoms in total. The van der Waals surface area contributed by atoms with Crippen molar-refractivity contribution in [2.45, 2.75) is 25.5 Å². The Hall–Kier alpha value is -1.65. The predicted molar refractivity (Wildman–Crippen MR) is 94.5 cm³/mol. The van der Waals surface area contributed by atoms with Crippen molar-refractivity contribution in [3.63, 3.8) is 0 Å². The summed E-state index contributed by atoms with van der Waals surface area (Å²) in [6.07, 6.45) is 5.10. The van der Waals surface area contributed by atoms with E-state index < -0.39 is 6.10 Å². The normalized spacial score (nSPS) is 17.5. The van der Waals surface area contributed by atoms with Crippen molar-refractivity contribution >= 4 is 11.3 Å². The van der Waals surface area contributed by atoms with Gasteiger partial charge in [0.15, 0.2) is 0 Å². The number of imidazole rings is 1. The zero-order valence-corrected chi connectivity index (χ0v) is 14.7. The molecule has 2 aromatic heterocycles. The number of nitrogens with zero attached hydrogens (tertiary/aromatic N) is 3. The van der Waals surface area contributed by atoms with Gasteiger partial charge in [-0.05, 0) is 37.9 Å². The SMILES string of the molecule is Cn1ccnc1C(O)C1CCN(Cc2cc(C#CCO)cs2)CC1. The molecule has 1 aliphatic rings. The minimum atomic E-state index is -0.478. The highest BCUT2D eigenvalue weighted by atomic mass is 32.1. The first kappa shape index (κ1) is 17.2. The van der Waals surface area contributed by atoms with E-state index in [-0.39, 0.29) is 12.5 Å². The van der Waals surface area contributed by atoms with Crippen LogP contribution >= 0.6 is 11.3 Å². The molecule has 3 rings (SSSR count). The molecule has 1 fully saturated rings. The molecule has 0 bridgehead atoms. The van der Waals surface area contributed by atoms with Gasteiger partial charge in [0.25, 0.3) is 0 Å². The molecule has 2 aromatic rings. The first-order valence-corrected chi connectivity index (χ1v) is 9.10. The molecule has 0 amide bonds. The summed E-state index contributed by atoms with van der Waals surface area (Å²) < 4.78 is 1.90. The van der Waals surface area contributed by atoms with E-state index in [0.29, 0.717) is 0 Å². The van der Waals surface area contributed by atoms with Crippen LogP contribution < -0.4 is 0 Å². The van der Waals surface area contributed by atoms with Crippen molar-refractivity contribution in [3.05, 3.63) is 40.1 Å². The molecular formula is C18H23N3O2S. The summed E-state index contributed by atoms with van der Waals surface area (Å²) in [5, 5.41) is 21.3. The summed E-state index contributed by atoms with van der Waals surface area (Å²) in [7, 11) is 1.93. The van der Waals surface area contributed by atoms with Crippen molar-refractivity contribution in [1.29, 1.82) is 0 Å². The van der Waals surface area contributed by atoms with Gasteiger partial charge in [0.1, 0.15) is 18.5 Å². The third-order valence-electron chi connectivity index (χ3n) is 4.55. The van der Waals surface area contributed by atoms with E-state index in [2.05, 4.69) is 27.8 Å². The molecule has 1 unspecified atom stereocenters. The topological polar surface area (TPSA) is 61.5 Å². The summed E-state index contributed by atoms with van der Waals surface area (Å²) in [4.78, 5) is 7.99. The largest absolute Gasteiger partial charge is 0.385 e. The van der Waals surface area contributed by atoms with Gasteiger partial charge in [-0.3, -0.25) is 4.90 Å². The smallest absolute Gasteiger partial charge is 0.137 e. The van der Waals surface area contributed by atoms with Crippen LogP contribution in [0.3, 0.4) is 0 Å². The number of likely N-dealkylation sites (tertiary alicyclic amines) is 1. The Labute approximate surface area is 146 Å². The van der Waals surface area contributed by atoms with Gasteiger partial charge >= 0.3 is 0 Å². The Morgan fingerprint density at radius 1 is 1.42 bits per heavy atom. The number of thiophene rings is 1. The van der Waals surface area contributed by atoms with Crippen LogP contribution in [0.15, 0.2) is 23.8 Å². The summed E-state index contributed by atoms with van der Waals surface area (Å²) in [5.74, 6) is 6.66. The Kier molecular flexibility index (Phi) is 5.69. The lowest BCUT2D eigenvalue weighted by Gasteiger charge is -2.33. The van der Waals surface area contributed by atoms with E-state index in [0.717, 1.165) is 43.9 Å². The predicted octanol–water partition coefficient (Wildman–Crippen LogP) is 1.77. The number of aromatic nitrogens is 2. The first-order valence-electron chi connectivity index (χ1n) is 8.22. The monoisotopic (exact) mass is 345 g/mol. The van der Waals surface area contributed by atoms with Crippen LogP contribution in [0.2, 0.25) is 0 Å². The average Bonchev–Trinajstić information content (AvgIpc) is 3.22. The molecule has 24 heavy (non-hydrogen) atoms. The van der Waals surface area contributed by atoms with Crippen LogP contribution in [-0.4, -0.2) is 44.4 Å². The summed E-state index contributed by atoms with van der Waals surface area (Å²) in [6.45, 7) is 2.80. The molecular weight excluding hydrogens is 322 g/mol. The Balaban J connectivity index is 1.52. The van der Waals surface area contributed by atoms with Crippen LogP contribution in [0, 0.1) is 17.8 Å². The molecule has 0 saturated carbocycles. The fraction of sp³-hybridized carbons (Fsp3) is 0.500. The Bertz CT molecular complexity index is 720. The summed E-state index contributed by atoms with van der Waals surface area (Å²) >= 11 is 1.71. The van der Waals surface area contributed by atoms with Crippen molar-refractivity contribution in [1.82, 2.24) is 14.5 Å². The Morgan fingerprint density at radius 3 is 2.88 bits per heavy atom. The minimum Gasteiger partial charge on any atom is -0.385 e. The molecule has 1 atom stereocenters. The number of hydrogen-bond donors (Lipinski definition) is 2. The van der Waals surface area contributed by atoms with Crippen LogP contribution in [0.1, 0.15) is 35.2 Å². The maximum atomic E-state index is 10.5. The van der Waals surface area contributed by atoms with Gasteiger partial charge in [-0.1, -0.05) is 11.8 Å². The number of piperidine rings is 1. The second-order valence-corrected chi connectivity index (χ2v) is 7.21. The van der Waals surface area contributed by atoms with E-state index in [9.17, 15) is 5.11 Å². The number of aryl methyl sites for hydroxylation is 1. The van der Waals surface area contributed by atoms with Crippen molar-refractivity contribution < 1.29 is 10.2 Å². The summed E-state index contributed by atoms with van der Waals surface area (Å²) in [5.41, 5.74) is 0.976.